The highest BCUT2D eigenvalue weighted by molar-refractivity contribution is 8.15. The van der Waals surface area contributed by atoms with E-state index in [0.29, 0.717) is 10.7 Å². The lowest BCUT2D eigenvalue weighted by molar-refractivity contribution is -0.384. The molecule has 0 unspecified atom stereocenters. The molecule has 0 fully saturated rings. The summed E-state index contributed by atoms with van der Waals surface area (Å²) in [6.45, 7) is 1.40. The Morgan fingerprint density at radius 2 is 1.96 bits per heavy atom. The van der Waals surface area contributed by atoms with Gasteiger partial charge < -0.3 is 0 Å². The van der Waals surface area contributed by atoms with Gasteiger partial charge in [0.05, 0.1) is 10.6 Å². The van der Waals surface area contributed by atoms with E-state index in [1.54, 1.807) is 30.3 Å². The number of hydrazone groups is 1. The number of hydrogen-bond donors (Lipinski definition) is 1. The van der Waals surface area contributed by atoms with Crippen molar-refractivity contribution in [2.75, 3.05) is 5.43 Å². The Morgan fingerprint density at radius 1 is 1.26 bits per heavy atom. The molecule has 0 heterocycles. The van der Waals surface area contributed by atoms with E-state index in [4.69, 9.17) is 11.6 Å². The number of Topliss-reactive ketones (excluding diaryl/α,β-unsaturated/α-hetero) is 1. The monoisotopic (exact) mass is 349 g/mol. The highest BCUT2D eigenvalue weighted by Crippen LogP contribution is 2.23. The number of hydrogen-bond acceptors (Lipinski definition) is 6. The number of anilines is 1. The Labute approximate surface area is 141 Å². The molecule has 23 heavy (non-hydrogen) atoms. The van der Waals surface area contributed by atoms with E-state index in [1.165, 1.54) is 36.9 Å². The van der Waals surface area contributed by atoms with Gasteiger partial charge in [0.1, 0.15) is 0 Å². The van der Waals surface area contributed by atoms with Crippen molar-refractivity contribution in [3.8, 4) is 0 Å². The number of rotatable bonds is 5. The average Bonchev–Trinajstić information content (AvgIpc) is 2.53. The van der Waals surface area contributed by atoms with Crippen LogP contribution in [0.4, 0.5) is 11.4 Å². The maximum atomic E-state index is 11.7. The fourth-order valence-corrected chi connectivity index (χ4v) is 2.45. The number of halogens is 1. The molecule has 0 radical (unpaired) electrons. The van der Waals surface area contributed by atoms with Crippen LogP contribution in [0.2, 0.25) is 5.02 Å². The SMILES string of the molecule is CC(=O)C(=NNc1cccc([N+](=O)[O-])c1)Sc1ccc(Cl)cc1. The predicted molar refractivity (Wildman–Crippen MR) is 92.1 cm³/mol. The average molecular weight is 350 g/mol. The molecule has 0 bridgehead atoms. The summed E-state index contributed by atoms with van der Waals surface area (Å²) >= 11 is 7.00. The van der Waals surface area contributed by atoms with Gasteiger partial charge in [0.2, 0.25) is 0 Å². The van der Waals surface area contributed by atoms with Crippen LogP contribution in [0.25, 0.3) is 0 Å². The molecule has 8 heteroatoms. The van der Waals surface area contributed by atoms with Crippen LogP contribution in [-0.2, 0) is 4.79 Å². The van der Waals surface area contributed by atoms with Gasteiger partial charge in [-0.15, -0.1) is 0 Å². The molecule has 0 saturated carbocycles. The Hall–Kier alpha value is -2.38. The van der Waals surface area contributed by atoms with Crippen LogP contribution in [0.1, 0.15) is 6.92 Å². The smallest absolute Gasteiger partial charge is 0.271 e. The van der Waals surface area contributed by atoms with Gasteiger partial charge in [-0.2, -0.15) is 5.10 Å². The molecule has 2 aromatic rings. The van der Waals surface area contributed by atoms with Crippen molar-refractivity contribution in [1.29, 1.82) is 0 Å². The first-order valence-corrected chi connectivity index (χ1v) is 7.67. The zero-order chi connectivity index (χ0) is 16.8. The molecular formula is C15H12ClN3O3S. The Kier molecular flexibility index (Phi) is 5.72. The van der Waals surface area contributed by atoms with Crippen molar-refractivity contribution in [3.63, 3.8) is 0 Å². The third-order valence-corrected chi connectivity index (χ3v) is 4.00. The van der Waals surface area contributed by atoms with Crippen LogP contribution in [0, 0.1) is 10.1 Å². The Morgan fingerprint density at radius 3 is 2.57 bits per heavy atom. The third kappa shape index (κ3) is 5.08. The molecule has 0 amide bonds. The summed E-state index contributed by atoms with van der Waals surface area (Å²) in [7, 11) is 0. The lowest BCUT2D eigenvalue weighted by Crippen LogP contribution is -2.08. The van der Waals surface area contributed by atoms with E-state index in [1.807, 2.05) is 0 Å². The van der Waals surface area contributed by atoms with Gasteiger partial charge in [0, 0.05) is 29.0 Å². The molecular weight excluding hydrogens is 338 g/mol. The van der Waals surface area contributed by atoms with Crippen molar-refractivity contribution < 1.29 is 9.72 Å². The van der Waals surface area contributed by atoms with E-state index in [9.17, 15) is 14.9 Å². The van der Waals surface area contributed by atoms with Crippen LogP contribution in [0.5, 0.6) is 0 Å². The molecule has 0 atom stereocenters. The molecule has 118 valence electrons. The maximum Gasteiger partial charge on any atom is 0.271 e. The minimum Gasteiger partial charge on any atom is -0.292 e. The number of benzene rings is 2. The number of thioether (sulfide) groups is 1. The third-order valence-electron chi connectivity index (χ3n) is 2.67. The van der Waals surface area contributed by atoms with Gasteiger partial charge >= 0.3 is 0 Å². The van der Waals surface area contributed by atoms with Gasteiger partial charge in [-0.25, -0.2) is 0 Å². The van der Waals surface area contributed by atoms with Gasteiger partial charge in [-0.05, 0) is 30.3 Å². The van der Waals surface area contributed by atoms with Gasteiger partial charge in [0.15, 0.2) is 10.8 Å². The van der Waals surface area contributed by atoms with Crippen molar-refractivity contribution >= 4 is 45.6 Å². The molecule has 1 N–H and O–H groups in total. The van der Waals surface area contributed by atoms with Crippen LogP contribution in [0.3, 0.4) is 0 Å². The van der Waals surface area contributed by atoms with E-state index in [2.05, 4.69) is 10.5 Å². The van der Waals surface area contributed by atoms with Gasteiger partial charge in [0.25, 0.3) is 5.69 Å². The summed E-state index contributed by atoms with van der Waals surface area (Å²) in [5, 5.41) is 15.6. The number of carbonyl (C=O) groups excluding carboxylic acids is 1. The first-order valence-electron chi connectivity index (χ1n) is 6.48. The molecule has 0 aliphatic heterocycles. The van der Waals surface area contributed by atoms with Crippen LogP contribution in [0.15, 0.2) is 58.5 Å². The van der Waals surface area contributed by atoms with Crippen LogP contribution < -0.4 is 5.43 Å². The van der Waals surface area contributed by atoms with Gasteiger partial charge in [-0.3, -0.25) is 20.3 Å². The first-order chi connectivity index (χ1) is 11.0. The molecule has 0 aliphatic rings. The van der Waals surface area contributed by atoms with E-state index < -0.39 is 4.92 Å². The van der Waals surface area contributed by atoms with Crippen LogP contribution >= 0.6 is 23.4 Å². The topological polar surface area (TPSA) is 84.6 Å². The summed E-state index contributed by atoms with van der Waals surface area (Å²) in [5.41, 5.74) is 3.04. The van der Waals surface area contributed by atoms with Crippen molar-refractivity contribution in [1.82, 2.24) is 0 Å². The molecule has 2 aromatic carbocycles. The quantitative estimate of drug-likeness (QED) is 0.285. The lowest BCUT2D eigenvalue weighted by Gasteiger charge is -2.05. The van der Waals surface area contributed by atoms with Gasteiger partial charge in [-0.1, -0.05) is 29.4 Å². The summed E-state index contributed by atoms with van der Waals surface area (Å²) in [6.07, 6.45) is 0. The summed E-state index contributed by atoms with van der Waals surface area (Å²) in [6, 6.07) is 12.9. The summed E-state index contributed by atoms with van der Waals surface area (Å²) in [5.74, 6) is -0.220. The molecule has 6 nitrogen and oxygen atoms in total. The van der Waals surface area contributed by atoms with E-state index in [-0.39, 0.29) is 16.5 Å². The summed E-state index contributed by atoms with van der Waals surface area (Å²) in [4.78, 5) is 22.7. The predicted octanol–water partition coefficient (Wildman–Crippen LogP) is 4.35. The minimum atomic E-state index is -0.497. The molecule has 2 rings (SSSR count). The lowest BCUT2D eigenvalue weighted by atomic mass is 10.3. The second kappa shape index (κ2) is 7.75. The maximum absolute atomic E-state index is 11.7. The second-order valence-corrected chi connectivity index (χ2v) is 5.95. The number of nitro groups is 1. The first kappa shape index (κ1) is 17.0. The number of carbonyl (C=O) groups is 1. The Bertz CT molecular complexity index is 763. The van der Waals surface area contributed by atoms with Crippen molar-refractivity contribution in [2.45, 2.75) is 11.8 Å². The largest absolute Gasteiger partial charge is 0.292 e. The number of nitrogens with zero attached hydrogens (tertiary/aromatic N) is 2. The number of nitrogens with one attached hydrogen (secondary N) is 1. The fraction of sp³-hybridized carbons (Fsp3) is 0.0667. The number of ketones is 1. The zero-order valence-electron chi connectivity index (χ0n) is 12.0. The standard InChI is InChI=1S/C15H12ClN3O3S/c1-10(20)15(23-14-7-5-11(16)6-8-14)18-17-12-3-2-4-13(9-12)19(21)22/h2-9,17H,1H3. The van der Waals surface area contributed by atoms with E-state index in [0.717, 1.165) is 4.90 Å². The summed E-state index contributed by atoms with van der Waals surface area (Å²) < 4.78 is 0. The number of nitro benzene ring substituents is 1. The van der Waals surface area contributed by atoms with E-state index >= 15 is 0 Å². The van der Waals surface area contributed by atoms with Crippen molar-refractivity contribution in [3.05, 3.63) is 63.7 Å². The molecule has 0 saturated heterocycles. The zero-order valence-corrected chi connectivity index (χ0v) is 13.6. The molecule has 0 aliphatic carbocycles. The Balaban J connectivity index is 2.16. The minimum absolute atomic E-state index is 0.0556. The van der Waals surface area contributed by atoms with Crippen molar-refractivity contribution in [2.24, 2.45) is 5.10 Å². The fourth-order valence-electron chi connectivity index (χ4n) is 1.59. The highest BCUT2D eigenvalue weighted by atomic mass is 35.5. The number of non-ortho nitro benzene ring substituents is 1. The highest BCUT2D eigenvalue weighted by Gasteiger charge is 2.10. The normalized spacial score (nSPS) is 11.1. The molecule has 0 aromatic heterocycles. The van der Waals surface area contributed by atoms with Crippen LogP contribution in [-0.4, -0.2) is 15.8 Å². The second-order valence-electron chi connectivity index (χ2n) is 4.45. The molecule has 0 spiro atoms.